The Bertz CT molecular complexity index is 578. The van der Waals surface area contributed by atoms with Gasteiger partial charge in [0.25, 0.3) is 0 Å². The van der Waals surface area contributed by atoms with E-state index in [0.29, 0.717) is 12.0 Å². The summed E-state index contributed by atoms with van der Waals surface area (Å²) in [6.45, 7) is 7.79. The second kappa shape index (κ2) is 7.44. The summed E-state index contributed by atoms with van der Waals surface area (Å²) < 4.78 is 0. The molecule has 23 heavy (non-hydrogen) atoms. The number of piperidine rings is 1. The normalized spacial score (nSPS) is 26.4. The molecule has 2 unspecified atom stereocenters. The second-order valence-electron chi connectivity index (χ2n) is 7.20. The molecule has 0 spiro atoms. The minimum Gasteiger partial charge on any atom is -0.313 e. The van der Waals surface area contributed by atoms with Gasteiger partial charge in [-0.1, -0.05) is 31.2 Å². The summed E-state index contributed by atoms with van der Waals surface area (Å²) in [4.78, 5) is 4.81. The van der Waals surface area contributed by atoms with Crippen molar-refractivity contribution in [2.45, 2.75) is 64.8 Å². The van der Waals surface area contributed by atoms with Gasteiger partial charge in [-0.05, 0) is 75.1 Å². The van der Waals surface area contributed by atoms with Crippen LogP contribution in [0.25, 0.3) is 5.57 Å². The Kier molecular flexibility index (Phi) is 5.32. The van der Waals surface area contributed by atoms with Crippen LogP contribution in [0.1, 0.15) is 69.9 Å². The Balaban J connectivity index is 1.68. The molecule has 0 aromatic heterocycles. The molecule has 1 aromatic carbocycles. The molecule has 2 fully saturated rings. The van der Waals surface area contributed by atoms with Crippen molar-refractivity contribution in [3.05, 3.63) is 41.6 Å². The summed E-state index contributed by atoms with van der Waals surface area (Å²) in [6.07, 6.45) is 8.51. The molecule has 0 amide bonds. The van der Waals surface area contributed by atoms with E-state index < -0.39 is 0 Å². The maximum absolute atomic E-state index is 4.81. The van der Waals surface area contributed by atoms with Gasteiger partial charge in [-0.2, -0.15) is 0 Å². The SMILES string of the molecule is CCC1NCCCC1C(C)=N/C=C(\C)c1ccc(C2CC2)cc1. The maximum atomic E-state index is 4.81. The summed E-state index contributed by atoms with van der Waals surface area (Å²) in [6, 6.07) is 9.68. The van der Waals surface area contributed by atoms with Crippen molar-refractivity contribution >= 4 is 11.3 Å². The number of hydrogen-bond acceptors (Lipinski definition) is 2. The van der Waals surface area contributed by atoms with E-state index in [4.69, 9.17) is 4.99 Å². The molecular weight excluding hydrogens is 280 g/mol. The molecule has 1 aliphatic carbocycles. The molecule has 1 heterocycles. The van der Waals surface area contributed by atoms with Crippen LogP contribution in [0.4, 0.5) is 0 Å². The number of aliphatic imine (C=N–C) groups is 1. The first-order valence-corrected chi connectivity index (χ1v) is 9.23. The Morgan fingerprint density at radius 3 is 2.57 bits per heavy atom. The molecule has 1 saturated carbocycles. The van der Waals surface area contributed by atoms with E-state index in [-0.39, 0.29) is 0 Å². The summed E-state index contributed by atoms with van der Waals surface area (Å²) in [5.74, 6) is 1.42. The van der Waals surface area contributed by atoms with Gasteiger partial charge < -0.3 is 5.32 Å². The highest BCUT2D eigenvalue weighted by atomic mass is 14.9. The van der Waals surface area contributed by atoms with E-state index >= 15 is 0 Å². The first-order valence-electron chi connectivity index (χ1n) is 9.23. The minimum absolute atomic E-state index is 0.593. The van der Waals surface area contributed by atoms with E-state index in [1.54, 1.807) is 0 Å². The molecule has 124 valence electrons. The second-order valence-corrected chi connectivity index (χ2v) is 7.20. The van der Waals surface area contributed by atoms with Crippen LogP contribution in [-0.4, -0.2) is 18.3 Å². The van der Waals surface area contributed by atoms with Gasteiger partial charge in [-0.25, -0.2) is 0 Å². The first kappa shape index (κ1) is 16.4. The number of nitrogens with one attached hydrogen (secondary N) is 1. The number of hydrogen-bond donors (Lipinski definition) is 1. The molecule has 1 aliphatic heterocycles. The van der Waals surface area contributed by atoms with Crippen molar-refractivity contribution in [2.24, 2.45) is 10.9 Å². The highest BCUT2D eigenvalue weighted by Crippen LogP contribution is 2.40. The van der Waals surface area contributed by atoms with E-state index in [2.05, 4.69) is 56.6 Å². The standard InChI is InChI=1S/C21H30N2/c1-4-21-20(6-5-13-22-21)16(3)23-14-15(2)17-7-9-18(10-8-17)19-11-12-19/h7-10,14,19-22H,4-6,11-13H2,1-3H3/b15-14+,23-16?. The van der Waals surface area contributed by atoms with Crippen LogP contribution in [0, 0.1) is 5.92 Å². The van der Waals surface area contributed by atoms with Gasteiger partial charge in [0.1, 0.15) is 0 Å². The molecule has 2 heteroatoms. The first-order chi connectivity index (χ1) is 11.2. The fraction of sp³-hybridized carbons (Fsp3) is 0.571. The lowest BCUT2D eigenvalue weighted by molar-refractivity contribution is 0.337. The van der Waals surface area contributed by atoms with Crippen molar-refractivity contribution in [1.82, 2.24) is 5.32 Å². The van der Waals surface area contributed by atoms with E-state index in [1.165, 1.54) is 54.5 Å². The fourth-order valence-electron chi connectivity index (χ4n) is 3.69. The van der Waals surface area contributed by atoms with Gasteiger partial charge >= 0.3 is 0 Å². The zero-order valence-corrected chi connectivity index (χ0v) is 14.8. The topological polar surface area (TPSA) is 24.4 Å². The van der Waals surface area contributed by atoms with Crippen molar-refractivity contribution in [3.8, 4) is 0 Å². The zero-order valence-electron chi connectivity index (χ0n) is 14.8. The Morgan fingerprint density at radius 2 is 1.91 bits per heavy atom. The van der Waals surface area contributed by atoms with Crippen LogP contribution in [0.15, 0.2) is 35.5 Å². The minimum atomic E-state index is 0.593. The van der Waals surface area contributed by atoms with Crippen molar-refractivity contribution in [1.29, 1.82) is 0 Å². The molecule has 0 radical (unpaired) electrons. The Labute approximate surface area is 141 Å². The number of allylic oxidation sites excluding steroid dienone is 1. The molecule has 0 bridgehead atoms. The fourth-order valence-corrected chi connectivity index (χ4v) is 3.69. The van der Waals surface area contributed by atoms with Crippen LogP contribution in [0.3, 0.4) is 0 Å². The van der Waals surface area contributed by atoms with E-state index in [9.17, 15) is 0 Å². The monoisotopic (exact) mass is 310 g/mol. The van der Waals surface area contributed by atoms with Crippen LogP contribution < -0.4 is 5.32 Å². The molecule has 2 aliphatic rings. The van der Waals surface area contributed by atoms with Crippen molar-refractivity contribution in [2.75, 3.05) is 6.54 Å². The van der Waals surface area contributed by atoms with Crippen LogP contribution in [0.5, 0.6) is 0 Å². The lowest BCUT2D eigenvalue weighted by atomic mass is 9.86. The average molecular weight is 310 g/mol. The third kappa shape index (κ3) is 4.11. The van der Waals surface area contributed by atoms with Gasteiger partial charge in [0.2, 0.25) is 0 Å². The number of rotatable bonds is 5. The molecule has 1 saturated heterocycles. The summed E-state index contributed by atoms with van der Waals surface area (Å²) in [5, 5.41) is 3.64. The molecule has 2 nitrogen and oxygen atoms in total. The predicted octanol–water partition coefficient (Wildman–Crippen LogP) is 5.16. The maximum Gasteiger partial charge on any atom is 0.0302 e. The van der Waals surface area contributed by atoms with Gasteiger partial charge in [-0.15, -0.1) is 0 Å². The quantitative estimate of drug-likeness (QED) is 0.746. The largest absolute Gasteiger partial charge is 0.313 e. The average Bonchev–Trinajstić information content (AvgIpc) is 3.44. The summed E-state index contributed by atoms with van der Waals surface area (Å²) in [7, 11) is 0. The molecule has 3 rings (SSSR count). The molecule has 2 atom stereocenters. The smallest absolute Gasteiger partial charge is 0.0302 e. The van der Waals surface area contributed by atoms with Crippen LogP contribution in [0.2, 0.25) is 0 Å². The summed E-state index contributed by atoms with van der Waals surface area (Å²) in [5.41, 5.74) is 5.32. The lowest BCUT2D eigenvalue weighted by Crippen LogP contribution is -2.43. The van der Waals surface area contributed by atoms with Gasteiger partial charge in [0.15, 0.2) is 0 Å². The Morgan fingerprint density at radius 1 is 1.17 bits per heavy atom. The highest BCUT2D eigenvalue weighted by molar-refractivity contribution is 5.86. The lowest BCUT2D eigenvalue weighted by Gasteiger charge is -2.31. The molecular formula is C21H30N2. The third-order valence-corrected chi connectivity index (χ3v) is 5.44. The van der Waals surface area contributed by atoms with Crippen molar-refractivity contribution in [3.63, 3.8) is 0 Å². The van der Waals surface area contributed by atoms with E-state index in [0.717, 1.165) is 12.5 Å². The van der Waals surface area contributed by atoms with Gasteiger partial charge in [0, 0.05) is 23.9 Å². The third-order valence-electron chi connectivity index (χ3n) is 5.44. The molecule has 1 aromatic rings. The van der Waals surface area contributed by atoms with Gasteiger partial charge in [0.05, 0.1) is 0 Å². The zero-order chi connectivity index (χ0) is 16.2. The number of benzene rings is 1. The predicted molar refractivity (Wildman–Crippen MR) is 100.0 cm³/mol. The Hall–Kier alpha value is -1.41. The van der Waals surface area contributed by atoms with Crippen molar-refractivity contribution < 1.29 is 0 Å². The number of nitrogens with zero attached hydrogens (tertiary/aromatic N) is 1. The van der Waals surface area contributed by atoms with Gasteiger partial charge in [-0.3, -0.25) is 4.99 Å². The summed E-state index contributed by atoms with van der Waals surface area (Å²) >= 11 is 0. The van der Waals surface area contributed by atoms with E-state index in [1.807, 2.05) is 0 Å². The molecule has 1 N–H and O–H groups in total. The highest BCUT2D eigenvalue weighted by Gasteiger charge is 2.25. The van der Waals surface area contributed by atoms with Crippen LogP contribution >= 0.6 is 0 Å². The van der Waals surface area contributed by atoms with Crippen LogP contribution in [-0.2, 0) is 0 Å².